The van der Waals surface area contributed by atoms with Gasteiger partial charge in [-0.3, -0.25) is 4.79 Å². The molecule has 0 bridgehead atoms. The molecule has 1 rings (SSSR count). The summed E-state index contributed by atoms with van der Waals surface area (Å²) in [6.45, 7) is 2.18. The highest BCUT2D eigenvalue weighted by molar-refractivity contribution is 5.85. The topological polar surface area (TPSA) is 55.1 Å². The van der Waals surface area contributed by atoms with Gasteiger partial charge in [-0.15, -0.1) is 12.4 Å². The zero-order chi connectivity index (χ0) is 9.03. The van der Waals surface area contributed by atoms with Crippen LogP contribution in [-0.4, -0.2) is 18.0 Å². The van der Waals surface area contributed by atoms with Crippen LogP contribution >= 0.6 is 12.4 Å². The lowest BCUT2D eigenvalue weighted by molar-refractivity contribution is -0.119. The van der Waals surface area contributed by atoms with E-state index in [1.165, 1.54) is 26.2 Å². The van der Waals surface area contributed by atoms with Gasteiger partial charge in [0.15, 0.2) is 0 Å². The third-order valence-corrected chi connectivity index (χ3v) is 2.54. The summed E-state index contributed by atoms with van der Waals surface area (Å²) in [5.74, 6) is 0.0189. The summed E-state index contributed by atoms with van der Waals surface area (Å²) < 4.78 is 0. The predicted octanol–water partition coefficient (Wildman–Crippen LogP) is 1.21. The predicted molar refractivity (Wildman–Crippen MR) is 55.9 cm³/mol. The van der Waals surface area contributed by atoms with Crippen molar-refractivity contribution in [2.24, 2.45) is 5.73 Å². The molecule has 3 N–H and O–H groups in total. The Morgan fingerprint density at radius 3 is 2.38 bits per heavy atom. The first-order valence-corrected chi connectivity index (χ1v) is 4.66. The van der Waals surface area contributed by atoms with Crippen LogP contribution in [0.5, 0.6) is 0 Å². The van der Waals surface area contributed by atoms with Crippen LogP contribution in [0.1, 0.15) is 39.0 Å². The minimum Gasteiger partial charge on any atom is -0.355 e. The van der Waals surface area contributed by atoms with Gasteiger partial charge in [-0.05, 0) is 12.8 Å². The van der Waals surface area contributed by atoms with Crippen LogP contribution in [0.25, 0.3) is 0 Å². The van der Waals surface area contributed by atoms with E-state index in [-0.39, 0.29) is 23.9 Å². The summed E-state index contributed by atoms with van der Waals surface area (Å²) in [4.78, 5) is 10.7. The van der Waals surface area contributed by atoms with Crippen LogP contribution < -0.4 is 11.1 Å². The Morgan fingerprint density at radius 1 is 1.38 bits per heavy atom. The van der Waals surface area contributed by atoms with E-state index in [4.69, 9.17) is 5.73 Å². The number of hydrogen-bond acceptors (Lipinski definition) is 2. The number of carbonyl (C=O) groups excluding carboxylic acids is 1. The van der Waals surface area contributed by atoms with Crippen LogP contribution in [-0.2, 0) is 4.79 Å². The first-order valence-electron chi connectivity index (χ1n) is 4.66. The van der Waals surface area contributed by atoms with Crippen LogP contribution in [0.4, 0.5) is 0 Å². The molecule has 1 amide bonds. The van der Waals surface area contributed by atoms with Gasteiger partial charge in [0.05, 0.1) is 0 Å². The van der Waals surface area contributed by atoms with E-state index in [1.54, 1.807) is 0 Å². The molecule has 13 heavy (non-hydrogen) atoms. The second kappa shape index (κ2) is 5.45. The minimum absolute atomic E-state index is 0. The highest BCUT2D eigenvalue weighted by Gasteiger charge is 2.26. The summed E-state index contributed by atoms with van der Waals surface area (Å²) in [5.41, 5.74) is 5.97. The third kappa shape index (κ3) is 4.48. The Kier molecular flexibility index (Phi) is 5.33. The molecular formula is C9H19ClN2O. The van der Waals surface area contributed by atoms with E-state index >= 15 is 0 Å². The van der Waals surface area contributed by atoms with Gasteiger partial charge in [0.2, 0.25) is 5.91 Å². The lowest BCUT2D eigenvalue weighted by atomic mass is 9.82. The molecule has 0 aromatic rings. The van der Waals surface area contributed by atoms with Crippen molar-refractivity contribution in [2.45, 2.75) is 44.6 Å². The normalized spacial score (nSPS) is 20.2. The lowest BCUT2D eigenvalue weighted by Crippen LogP contribution is -2.50. The fourth-order valence-electron chi connectivity index (χ4n) is 1.73. The first-order chi connectivity index (χ1) is 5.62. The van der Waals surface area contributed by atoms with E-state index in [1.807, 2.05) is 0 Å². The molecule has 0 heterocycles. The van der Waals surface area contributed by atoms with Gasteiger partial charge in [-0.2, -0.15) is 0 Å². The van der Waals surface area contributed by atoms with Gasteiger partial charge < -0.3 is 11.1 Å². The number of rotatable bonds is 2. The smallest absolute Gasteiger partial charge is 0.216 e. The van der Waals surface area contributed by atoms with Crippen molar-refractivity contribution in [1.29, 1.82) is 0 Å². The van der Waals surface area contributed by atoms with Crippen molar-refractivity contribution >= 4 is 18.3 Å². The van der Waals surface area contributed by atoms with Crippen LogP contribution in [0.3, 0.4) is 0 Å². The SMILES string of the molecule is CC(=O)NCC1(N)CCCCC1.Cl. The van der Waals surface area contributed by atoms with Crippen molar-refractivity contribution in [2.75, 3.05) is 6.54 Å². The Labute approximate surface area is 85.9 Å². The molecule has 1 saturated carbocycles. The van der Waals surface area contributed by atoms with Crippen molar-refractivity contribution < 1.29 is 4.79 Å². The van der Waals surface area contributed by atoms with Crippen molar-refractivity contribution in [1.82, 2.24) is 5.32 Å². The molecule has 0 aromatic carbocycles. The van der Waals surface area contributed by atoms with Gasteiger partial charge in [0.25, 0.3) is 0 Å². The summed E-state index contributed by atoms with van der Waals surface area (Å²) in [7, 11) is 0. The number of carbonyl (C=O) groups is 1. The van der Waals surface area contributed by atoms with Gasteiger partial charge in [-0.1, -0.05) is 19.3 Å². The monoisotopic (exact) mass is 206 g/mol. The molecule has 0 aliphatic heterocycles. The van der Waals surface area contributed by atoms with Crippen LogP contribution in [0, 0.1) is 0 Å². The molecular weight excluding hydrogens is 188 g/mol. The molecule has 0 aromatic heterocycles. The maximum absolute atomic E-state index is 10.7. The largest absolute Gasteiger partial charge is 0.355 e. The van der Waals surface area contributed by atoms with Crippen molar-refractivity contribution in [3.8, 4) is 0 Å². The van der Waals surface area contributed by atoms with Crippen molar-refractivity contribution in [3.05, 3.63) is 0 Å². The van der Waals surface area contributed by atoms with E-state index < -0.39 is 0 Å². The zero-order valence-corrected chi connectivity index (χ0v) is 8.95. The second-order valence-corrected chi connectivity index (χ2v) is 3.83. The third-order valence-electron chi connectivity index (χ3n) is 2.54. The molecule has 0 saturated heterocycles. The molecule has 0 unspecified atom stereocenters. The summed E-state index contributed by atoms with van der Waals surface area (Å²) in [6.07, 6.45) is 5.80. The van der Waals surface area contributed by atoms with Crippen molar-refractivity contribution in [3.63, 3.8) is 0 Å². The molecule has 0 atom stereocenters. The molecule has 4 heteroatoms. The average Bonchev–Trinajstić information content (AvgIpc) is 2.03. The van der Waals surface area contributed by atoms with E-state index in [2.05, 4.69) is 5.32 Å². The fraction of sp³-hybridized carbons (Fsp3) is 0.889. The van der Waals surface area contributed by atoms with Crippen LogP contribution in [0.15, 0.2) is 0 Å². The maximum atomic E-state index is 10.7. The summed E-state index contributed by atoms with van der Waals surface area (Å²) >= 11 is 0. The first kappa shape index (κ1) is 12.7. The second-order valence-electron chi connectivity index (χ2n) is 3.83. The minimum atomic E-state index is -0.121. The molecule has 1 fully saturated rings. The molecule has 78 valence electrons. The van der Waals surface area contributed by atoms with Gasteiger partial charge in [0.1, 0.15) is 0 Å². The highest BCUT2D eigenvalue weighted by atomic mass is 35.5. The van der Waals surface area contributed by atoms with Gasteiger partial charge in [0, 0.05) is 19.0 Å². The van der Waals surface area contributed by atoms with Crippen LogP contribution in [0.2, 0.25) is 0 Å². The quantitative estimate of drug-likeness (QED) is 0.714. The average molecular weight is 207 g/mol. The number of halogens is 1. The summed E-state index contributed by atoms with van der Waals surface area (Å²) in [6, 6.07) is 0. The number of nitrogens with two attached hydrogens (primary N) is 1. The molecule has 1 aliphatic carbocycles. The number of amides is 1. The zero-order valence-electron chi connectivity index (χ0n) is 8.14. The maximum Gasteiger partial charge on any atom is 0.216 e. The fourth-order valence-corrected chi connectivity index (χ4v) is 1.73. The lowest BCUT2D eigenvalue weighted by Gasteiger charge is -2.33. The number of hydrogen-bond donors (Lipinski definition) is 2. The molecule has 3 nitrogen and oxygen atoms in total. The Bertz CT molecular complexity index is 167. The number of nitrogens with one attached hydrogen (secondary N) is 1. The van der Waals surface area contributed by atoms with E-state index in [0.717, 1.165) is 12.8 Å². The summed E-state index contributed by atoms with van der Waals surface area (Å²) in [5, 5.41) is 2.79. The Balaban J connectivity index is 0.00000144. The van der Waals surface area contributed by atoms with E-state index in [9.17, 15) is 4.79 Å². The standard InChI is InChI=1S/C9H18N2O.ClH/c1-8(12)11-7-9(10)5-3-2-4-6-9;/h2-7,10H2,1H3,(H,11,12);1H. The Hall–Kier alpha value is -0.280. The molecule has 0 radical (unpaired) electrons. The van der Waals surface area contributed by atoms with E-state index in [0.29, 0.717) is 6.54 Å². The molecule has 0 spiro atoms. The molecule has 1 aliphatic rings. The van der Waals surface area contributed by atoms with Gasteiger partial charge in [-0.25, -0.2) is 0 Å². The highest BCUT2D eigenvalue weighted by Crippen LogP contribution is 2.24. The Morgan fingerprint density at radius 2 is 1.92 bits per heavy atom. The van der Waals surface area contributed by atoms with Gasteiger partial charge >= 0.3 is 0 Å².